The minimum atomic E-state index is 0.591. The van der Waals surface area contributed by atoms with Gasteiger partial charge in [-0.1, -0.05) is 58.0 Å². The molecule has 0 heterocycles. The topological polar surface area (TPSA) is 12.0 Å². The molecule has 0 aliphatic carbocycles. The summed E-state index contributed by atoms with van der Waals surface area (Å²) in [5.41, 5.74) is 1.46. The molecule has 0 aliphatic rings. The predicted molar refractivity (Wildman–Crippen MR) is 76.2 cm³/mol. The lowest BCUT2D eigenvalue weighted by Crippen LogP contribution is -2.31. The van der Waals surface area contributed by atoms with Crippen LogP contribution in [-0.4, -0.2) is 12.6 Å². The van der Waals surface area contributed by atoms with E-state index in [4.69, 9.17) is 0 Å². The number of benzene rings is 1. The van der Waals surface area contributed by atoms with Gasteiger partial charge >= 0.3 is 0 Å². The molecule has 0 saturated carbocycles. The summed E-state index contributed by atoms with van der Waals surface area (Å²) in [5.74, 6) is 1.53. The lowest BCUT2D eigenvalue weighted by molar-refractivity contribution is 0.331. The smallest absolute Gasteiger partial charge is 0.00104 e. The highest BCUT2D eigenvalue weighted by Gasteiger charge is 2.13. The predicted octanol–water partition coefficient (Wildman–Crippen LogP) is 3.89. The average molecular weight is 233 g/mol. The maximum atomic E-state index is 3.56. The maximum Gasteiger partial charge on any atom is 0.00104 e. The number of hydrogen-bond acceptors (Lipinski definition) is 1. The fourth-order valence-electron chi connectivity index (χ4n) is 2.05. The molecule has 0 saturated heterocycles. The summed E-state index contributed by atoms with van der Waals surface area (Å²) in [5, 5.41) is 3.56. The molecule has 1 aromatic carbocycles. The van der Waals surface area contributed by atoms with Crippen molar-refractivity contribution in [1.29, 1.82) is 0 Å². The third kappa shape index (κ3) is 5.88. The first kappa shape index (κ1) is 14.2. The van der Waals surface area contributed by atoms with E-state index in [1.807, 2.05) is 0 Å². The van der Waals surface area contributed by atoms with Gasteiger partial charge in [-0.25, -0.2) is 0 Å². The van der Waals surface area contributed by atoms with Crippen molar-refractivity contribution in [2.45, 2.75) is 46.6 Å². The first-order valence-electron chi connectivity index (χ1n) is 6.87. The Morgan fingerprint density at radius 1 is 1.00 bits per heavy atom. The van der Waals surface area contributed by atoms with Crippen LogP contribution in [0.3, 0.4) is 0 Å². The van der Waals surface area contributed by atoms with Gasteiger partial charge in [0.15, 0.2) is 0 Å². The van der Waals surface area contributed by atoms with Crippen LogP contribution in [0.4, 0.5) is 0 Å². The van der Waals surface area contributed by atoms with Crippen LogP contribution < -0.4 is 5.32 Å². The summed E-state index contributed by atoms with van der Waals surface area (Å²) in [6.07, 6.45) is 2.48. The van der Waals surface area contributed by atoms with Gasteiger partial charge in [-0.3, -0.25) is 0 Å². The van der Waals surface area contributed by atoms with Gasteiger partial charge in [0, 0.05) is 6.04 Å². The van der Waals surface area contributed by atoms with Crippen LogP contribution in [0.1, 0.15) is 39.7 Å². The van der Waals surface area contributed by atoms with E-state index in [9.17, 15) is 0 Å². The second-order valence-electron chi connectivity index (χ2n) is 5.59. The van der Waals surface area contributed by atoms with Gasteiger partial charge in [0.25, 0.3) is 0 Å². The van der Waals surface area contributed by atoms with Crippen LogP contribution >= 0.6 is 0 Å². The molecular weight excluding hydrogens is 206 g/mol. The lowest BCUT2D eigenvalue weighted by atomic mass is 9.89. The van der Waals surface area contributed by atoms with Crippen molar-refractivity contribution in [3.63, 3.8) is 0 Å². The summed E-state index contributed by atoms with van der Waals surface area (Å²) in [4.78, 5) is 0. The molecule has 0 amide bonds. The highest BCUT2D eigenvalue weighted by atomic mass is 14.9. The second kappa shape index (κ2) is 7.50. The van der Waals surface area contributed by atoms with Crippen LogP contribution in [0.2, 0.25) is 0 Å². The van der Waals surface area contributed by atoms with Crippen LogP contribution in [-0.2, 0) is 6.42 Å². The molecule has 1 aromatic rings. The Balaban J connectivity index is 2.39. The Hall–Kier alpha value is -0.820. The normalized spacial score (nSPS) is 13.3. The van der Waals surface area contributed by atoms with Crippen LogP contribution in [0, 0.1) is 11.8 Å². The molecule has 0 aromatic heterocycles. The van der Waals surface area contributed by atoms with Crippen LogP contribution in [0.5, 0.6) is 0 Å². The maximum absolute atomic E-state index is 3.56. The molecule has 1 rings (SSSR count). The summed E-state index contributed by atoms with van der Waals surface area (Å²) in [6, 6.07) is 11.4. The molecule has 0 aliphatic heterocycles. The van der Waals surface area contributed by atoms with Crippen LogP contribution in [0.25, 0.3) is 0 Å². The third-order valence-electron chi connectivity index (χ3n) is 3.38. The average Bonchev–Trinajstić information content (AvgIpc) is 2.29. The molecule has 0 bridgehead atoms. The van der Waals surface area contributed by atoms with Crippen LogP contribution in [0.15, 0.2) is 30.3 Å². The first-order valence-corrected chi connectivity index (χ1v) is 6.87. The second-order valence-corrected chi connectivity index (χ2v) is 5.59. The SMILES string of the molecule is CC(C)NCC(CCc1ccccc1)C(C)C. The highest BCUT2D eigenvalue weighted by molar-refractivity contribution is 5.14. The van der Waals surface area contributed by atoms with Crippen molar-refractivity contribution in [1.82, 2.24) is 5.32 Å². The van der Waals surface area contributed by atoms with Gasteiger partial charge < -0.3 is 5.32 Å². The molecule has 1 unspecified atom stereocenters. The minimum Gasteiger partial charge on any atom is -0.314 e. The minimum absolute atomic E-state index is 0.591. The fraction of sp³-hybridized carbons (Fsp3) is 0.625. The molecule has 1 atom stereocenters. The van der Waals surface area contributed by atoms with Crippen molar-refractivity contribution in [3.8, 4) is 0 Å². The highest BCUT2D eigenvalue weighted by Crippen LogP contribution is 2.17. The molecule has 0 radical (unpaired) electrons. The van der Waals surface area contributed by atoms with E-state index in [1.54, 1.807) is 0 Å². The van der Waals surface area contributed by atoms with Crippen molar-refractivity contribution >= 4 is 0 Å². The van der Waals surface area contributed by atoms with Crippen molar-refractivity contribution < 1.29 is 0 Å². The Kier molecular flexibility index (Phi) is 6.28. The lowest BCUT2D eigenvalue weighted by Gasteiger charge is -2.22. The van der Waals surface area contributed by atoms with Gasteiger partial charge in [0.05, 0.1) is 0 Å². The number of rotatable bonds is 7. The molecule has 1 heteroatoms. The zero-order valence-electron chi connectivity index (χ0n) is 11.7. The van der Waals surface area contributed by atoms with E-state index < -0.39 is 0 Å². The Labute approximate surface area is 107 Å². The van der Waals surface area contributed by atoms with E-state index in [-0.39, 0.29) is 0 Å². The zero-order chi connectivity index (χ0) is 12.7. The van der Waals surface area contributed by atoms with Gasteiger partial charge in [-0.05, 0) is 36.8 Å². The largest absolute Gasteiger partial charge is 0.314 e. The van der Waals surface area contributed by atoms with E-state index in [2.05, 4.69) is 63.3 Å². The molecule has 17 heavy (non-hydrogen) atoms. The van der Waals surface area contributed by atoms with Crippen molar-refractivity contribution in [2.24, 2.45) is 11.8 Å². The van der Waals surface area contributed by atoms with E-state index in [1.165, 1.54) is 18.4 Å². The Bertz CT molecular complexity index is 290. The summed E-state index contributed by atoms with van der Waals surface area (Å²) in [6.45, 7) is 10.2. The number of hydrogen-bond donors (Lipinski definition) is 1. The summed E-state index contributed by atoms with van der Waals surface area (Å²) in [7, 11) is 0. The molecule has 96 valence electrons. The standard InChI is InChI=1S/C16H27N/c1-13(2)16(12-17-14(3)4)11-10-15-8-6-5-7-9-15/h5-9,13-14,16-17H,10-12H2,1-4H3. The van der Waals surface area contributed by atoms with E-state index >= 15 is 0 Å². The van der Waals surface area contributed by atoms with Crippen molar-refractivity contribution in [3.05, 3.63) is 35.9 Å². The quantitative estimate of drug-likeness (QED) is 0.753. The molecule has 0 fully saturated rings. The number of aryl methyl sites for hydroxylation is 1. The van der Waals surface area contributed by atoms with Gasteiger partial charge in [-0.2, -0.15) is 0 Å². The molecule has 1 N–H and O–H groups in total. The Morgan fingerprint density at radius 2 is 1.65 bits per heavy atom. The summed E-state index contributed by atoms with van der Waals surface area (Å²) < 4.78 is 0. The Morgan fingerprint density at radius 3 is 2.18 bits per heavy atom. The van der Waals surface area contributed by atoms with Gasteiger partial charge in [0.1, 0.15) is 0 Å². The molecule has 0 spiro atoms. The first-order chi connectivity index (χ1) is 8.09. The third-order valence-corrected chi connectivity index (χ3v) is 3.38. The van der Waals surface area contributed by atoms with E-state index in [0.29, 0.717) is 6.04 Å². The monoisotopic (exact) mass is 233 g/mol. The fourth-order valence-corrected chi connectivity index (χ4v) is 2.05. The van der Waals surface area contributed by atoms with Gasteiger partial charge in [0.2, 0.25) is 0 Å². The van der Waals surface area contributed by atoms with E-state index in [0.717, 1.165) is 18.4 Å². The zero-order valence-corrected chi connectivity index (χ0v) is 11.7. The molecule has 1 nitrogen and oxygen atoms in total. The van der Waals surface area contributed by atoms with Gasteiger partial charge in [-0.15, -0.1) is 0 Å². The van der Waals surface area contributed by atoms with Crippen molar-refractivity contribution in [2.75, 3.05) is 6.54 Å². The summed E-state index contributed by atoms with van der Waals surface area (Å²) >= 11 is 0. The molecular formula is C16H27N. The number of nitrogens with one attached hydrogen (secondary N) is 1.